The molecular formula is C10H15N3O4S. The number of hydrogen-bond donors (Lipinski definition) is 1. The van der Waals surface area contributed by atoms with Crippen molar-refractivity contribution in [3.8, 4) is 0 Å². The maximum absolute atomic E-state index is 12.3. The molecule has 1 unspecified atom stereocenters. The van der Waals surface area contributed by atoms with Crippen LogP contribution in [0.4, 0.5) is 4.79 Å². The van der Waals surface area contributed by atoms with E-state index in [4.69, 9.17) is 0 Å². The summed E-state index contributed by atoms with van der Waals surface area (Å²) in [6.07, 6.45) is 2.58. The van der Waals surface area contributed by atoms with Crippen LogP contribution in [0.1, 0.15) is 26.2 Å². The van der Waals surface area contributed by atoms with Crippen molar-refractivity contribution in [1.29, 1.82) is 0 Å². The molecule has 1 fully saturated rings. The zero-order valence-corrected chi connectivity index (χ0v) is 10.9. The van der Waals surface area contributed by atoms with Crippen molar-refractivity contribution in [2.75, 3.05) is 13.1 Å². The number of nitrogens with zero attached hydrogens (tertiary/aromatic N) is 2. The van der Waals surface area contributed by atoms with E-state index in [0.29, 0.717) is 13.1 Å². The summed E-state index contributed by atoms with van der Waals surface area (Å²) in [4.78, 5) is 26.2. The summed E-state index contributed by atoms with van der Waals surface area (Å²) in [5, 5.41) is 0.566. The van der Waals surface area contributed by atoms with E-state index < -0.39 is 27.2 Å². The first-order chi connectivity index (χ1) is 8.43. The number of piperidine rings is 1. The standard InChI is InChI=1S/C10H15N3O4S/c1-7-8(9(14)12-10(15)11-7)18(16,17)13-5-3-2-4-6-13/h8H,2-6H2,1H3,(H,12,14,15). The van der Waals surface area contributed by atoms with Gasteiger partial charge in [-0.3, -0.25) is 10.1 Å². The predicted octanol–water partition coefficient (Wildman–Crippen LogP) is -0.119. The molecule has 3 amide bonds. The highest BCUT2D eigenvalue weighted by Gasteiger charge is 2.42. The molecule has 0 spiro atoms. The fourth-order valence-electron chi connectivity index (χ4n) is 2.23. The Balaban J connectivity index is 2.31. The Hall–Kier alpha value is -1.28. The maximum Gasteiger partial charge on any atom is 0.347 e. The van der Waals surface area contributed by atoms with Gasteiger partial charge in [-0.15, -0.1) is 0 Å². The van der Waals surface area contributed by atoms with Crippen LogP contribution >= 0.6 is 0 Å². The second kappa shape index (κ2) is 4.77. The van der Waals surface area contributed by atoms with E-state index in [9.17, 15) is 18.0 Å². The molecule has 0 radical (unpaired) electrons. The zero-order chi connectivity index (χ0) is 13.3. The summed E-state index contributed by atoms with van der Waals surface area (Å²) in [6, 6.07) is -0.803. The van der Waals surface area contributed by atoms with Gasteiger partial charge in [0.25, 0.3) is 5.91 Å². The lowest BCUT2D eigenvalue weighted by molar-refractivity contribution is -0.118. The van der Waals surface area contributed by atoms with Crippen molar-refractivity contribution in [1.82, 2.24) is 9.62 Å². The molecule has 8 heteroatoms. The van der Waals surface area contributed by atoms with Gasteiger partial charge in [-0.25, -0.2) is 22.5 Å². The second-order valence-electron chi connectivity index (χ2n) is 4.43. The van der Waals surface area contributed by atoms with Crippen LogP contribution in [0.5, 0.6) is 0 Å². The molecule has 7 nitrogen and oxygen atoms in total. The quantitative estimate of drug-likeness (QED) is 0.758. The van der Waals surface area contributed by atoms with E-state index >= 15 is 0 Å². The molecule has 1 N–H and O–H groups in total. The van der Waals surface area contributed by atoms with Gasteiger partial charge in [0.2, 0.25) is 10.0 Å². The number of rotatable bonds is 2. The van der Waals surface area contributed by atoms with Gasteiger partial charge in [0, 0.05) is 18.8 Å². The lowest BCUT2D eigenvalue weighted by Gasteiger charge is -2.30. The largest absolute Gasteiger partial charge is 0.347 e. The van der Waals surface area contributed by atoms with E-state index in [1.54, 1.807) is 0 Å². The van der Waals surface area contributed by atoms with Gasteiger partial charge in [-0.2, -0.15) is 0 Å². The summed E-state index contributed by atoms with van der Waals surface area (Å²) < 4.78 is 26.0. The van der Waals surface area contributed by atoms with E-state index in [0.717, 1.165) is 19.3 Å². The first kappa shape index (κ1) is 13.2. The third kappa shape index (κ3) is 2.30. The molecule has 0 aromatic heterocycles. The molecule has 0 bridgehead atoms. The highest BCUT2D eigenvalue weighted by molar-refractivity contribution is 7.91. The first-order valence-electron chi connectivity index (χ1n) is 5.82. The molecule has 0 aliphatic carbocycles. The van der Waals surface area contributed by atoms with Crippen LogP contribution < -0.4 is 5.32 Å². The van der Waals surface area contributed by atoms with E-state index in [1.807, 2.05) is 5.32 Å². The summed E-state index contributed by atoms with van der Waals surface area (Å²) in [6.45, 7) is 2.24. The summed E-state index contributed by atoms with van der Waals surface area (Å²) in [5.74, 6) is -0.807. The minimum atomic E-state index is -3.77. The van der Waals surface area contributed by atoms with Gasteiger partial charge in [0.1, 0.15) is 0 Å². The van der Waals surface area contributed by atoms with Gasteiger partial charge in [0.15, 0.2) is 5.25 Å². The normalized spacial score (nSPS) is 26.7. The topological polar surface area (TPSA) is 95.9 Å². The molecule has 1 atom stereocenters. The number of amides is 3. The number of urea groups is 1. The maximum atomic E-state index is 12.3. The molecule has 0 saturated carbocycles. The van der Waals surface area contributed by atoms with E-state index in [2.05, 4.69) is 4.99 Å². The lowest BCUT2D eigenvalue weighted by Crippen LogP contribution is -2.55. The highest BCUT2D eigenvalue weighted by Crippen LogP contribution is 2.19. The smallest absolute Gasteiger partial charge is 0.275 e. The van der Waals surface area contributed by atoms with Gasteiger partial charge >= 0.3 is 6.03 Å². The van der Waals surface area contributed by atoms with Gasteiger partial charge in [-0.1, -0.05) is 6.42 Å². The summed E-state index contributed by atoms with van der Waals surface area (Å²) >= 11 is 0. The first-order valence-corrected chi connectivity index (χ1v) is 7.32. The molecule has 0 aromatic rings. The third-order valence-corrected chi connectivity index (χ3v) is 5.33. The molecular weight excluding hydrogens is 258 g/mol. The van der Waals surface area contributed by atoms with Crippen LogP contribution in [0.25, 0.3) is 0 Å². The highest BCUT2D eigenvalue weighted by atomic mass is 32.2. The lowest BCUT2D eigenvalue weighted by atomic mass is 10.2. The van der Waals surface area contributed by atoms with Crippen molar-refractivity contribution >= 4 is 27.7 Å². The van der Waals surface area contributed by atoms with Crippen LogP contribution in [0.3, 0.4) is 0 Å². The predicted molar refractivity (Wildman–Crippen MR) is 64.8 cm³/mol. The van der Waals surface area contributed by atoms with Crippen LogP contribution in [0.15, 0.2) is 4.99 Å². The fourth-order valence-corrected chi connectivity index (χ4v) is 4.11. The summed E-state index contributed by atoms with van der Waals surface area (Å²) in [7, 11) is -3.77. The van der Waals surface area contributed by atoms with Gasteiger partial charge < -0.3 is 0 Å². The van der Waals surface area contributed by atoms with Crippen LogP contribution in [0.2, 0.25) is 0 Å². The van der Waals surface area contributed by atoms with Crippen molar-refractivity contribution in [2.45, 2.75) is 31.4 Å². The molecule has 2 heterocycles. The molecule has 18 heavy (non-hydrogen) atoms. The third-order valence-electron chi connectivity index (χ3n) is 3.10. The number of sulfonamides is 1. The average molecular weight is 273 g/mol. The zero-order valence-electron chi connectivity index (χ0n) is 10.0. The fraction of sp³-hybridized carbons (Fsp3) is 0.700. The van der Waals surface area contributed by atoms with Crippen molar-refractivity contribution in [3.05, 3.63) is 0 Å². The number of carbonyl (C=O) groups is 2. The molecule has 1 saturated heterocycles. The summed E-state index contributed by atoms with van der Waals surface area (Å²) in [5.41, 5.74) is 0.0364. The monoisotopic (exact) mass is 273 g/mol. The number of aliphatic imine (C=N–C) groups is 1. The van der Waals surface area contributed by atoms with Crippen LogP contribution in [-0.2, 0) is 14.8 Å². The average Bonchev–Trinajstić information content (AvgIpc) is 2.28. The van der Waals surface area contributed by atoms with Gasteiger partial charge in [-0.05, 0) is 19.8 Å². The molecule has 2 rings (SSSR count). The Bertz CT molecular complexity index is 505. The van der Waals surface area contributed by atoms with Crippen LogP contribution in [0, 0.1) is 0 Å². The number of hydrogen-bond acceptors (Lipinski definition) is 4. The van der Waals surface area contributed by atoms with Crippen molar-refractivity contribution in [2.24, 2.45) is 4.99 Å². The number of nitrogens with one attached hydrogen (secondary N) is 1. The minimum Gasteiger partial charge on any atom is -0.275 e. The number of carbonyl (C=O) groups excluding carboxylic acids is 2. The number of imide groups is 1. The van der Waals surface area contributed by atoms with Crippen molar-refractivity contribution in [3.63, 3.8) is 0 Å². The Morgan fingerprint density at radius 3 is 2.39 bits per heavy atom. The Morgan fingerprint density at radius 2 is 1.83 bits per heavy atom. The Morgan fingerprint density at radius 1 is 1.22 bits per heavy atom. The second-order valence-corrected chi connectivity index (χ2v) is 6.45. The molecule has 2 aliphatic heterocycles. The van der Waals surface area contributed by atoms with Crippen molar-refractivity contribution < 1.29 is 18.0 Å². The molecule has 2 aliphatic rings. The Kier molecular flexibility index (Phi) is 3.49. The van der Waals surface area contributed by atoms with Crippen LogP contribution in [-0.4, -0.2) is 48.7 Å². The minimum absolute atomic E-state index is 0.0364. The molecule has 100 valence electrons. The molecule has 0 aromatic carbocycles. The SMILES string of the molecule is CC1=NC(=O)NC(=O)C1S(=O)(=O)N1CCCCC1. The van der Waals surface area contributed by atoms with Gasteiger partial charge in [0.05, 0.1) is 0 Å². The van der Waals surface area contributed by atoms with E-state index in [-0.39, 0.29) is 5.71 Å². The Labute approximate surface area is 105 Å². The van der Waals surface area contributed by atoms with E-state index in [1.165, 1.54) is 11.2 Å².